The van der Waals surface area contributed by atoms with Crippen LogP contribution in [0.3, 0.4) is 0 Å². The van der Waals surface area contributed by atoms with Crippen molar-refractivity contribution in [1.29, 1.82) is 0 Å². The molecule has 2 aromatic rings. The minimum absolute atomic E-state index is 0.179. The summed E-state index contributed by atoms with van der Waals surface area (Å²) in [5, 5.41) is 6.48. The maximum Gasteiger partial charge on any atom is 0.265 e. The molecule has 1 unspecified atom stereocenters. The van der Waals surface area contributed by atoms with Gasteiger partial charge >= 0.3 is 0 Å². The molecular formula is C30H40N4O6. The molecule has 2 heterocycles. The van der Waals surface area contributed by atoms with E-state index in [1.165, 1.54) is 43.1 Å². The molecule has 216 valence electrons. The highest BCUT2D eigenvalue weighted by atomic mass is 16.5. The highest BCUT2D eigenvalue weighted by Crippen LogP contribution is 2.55. The number of aryl methyl sites for hydroxylation is 1. The van der Waals surface area contributed by atoms with E-state index in [4.69, 9.17) is 14.2 Å². The summed E-state index contributed by atoms with van der Waals surface area (Å²) >= 11 is 0. The molecule has 2 amide bonds. The van der Waals surface area contributed by atoms with Gasteiger partial charge in [-0.2, -0.15) is 0 Å². The Hall–Kier alpha value is -2.82. The molecule has 2 N–H and O–H groups in total. The lowest BCUT2D eigenvalue weighted by atomic mass is 9.53. The fourth-order valence-electron chi connectivity index (χ4n) is 7.99. The number of nitrogens with one attached hydrogen (secondary N) is 2. The summed E-state index contributed by atoms with van der Waals surface area (Å²) in [7, 11) is 0. The van der Waals surface area contributed by atoms with E-state index >= 15 is 0 Å². The second kappa shape index (κ2) is 11.6. The fraction of sp³-hybridized carbons (Fsp3) is 0.667. The van der Waals surface area contributed by atoms with E-state index in [0.29, 0.717) is 54.4 Å². The van der Waals surface area contributed by atoms with Crippen LogP contribution in [-0.2, 0) is 19.1 Å². The first-order chi connectivity index (χ1) is 19.4. The third-order valence-corrected chi connectivity index (χ3v) is 9.23. The Morgan fingerprint density at radius 2 is 1.65 bits per heavy atom. The van der Waals surface area contributed by atoms with Gasteiger partial charge in [-0.05, 0) is 81.8 Å². The largest absolute Gasteiger partial charge is 0.490 e. The number of carbonyl (C=O) groups excluding carboxylic acids is 2. The second-order valence-electron chi connectivity index (χ2n) is 12.1. The molecule has 1 aromatic carbocycles. The first-order valence-electron chi connectivity index (χ1n) is 14.8. The molecule has 0 radical (unpaired) electrons. The Labute approximate surface area is 234 Å². The molecule has 4 aliphatic carbocycles. The smallest absolute Gasteiger partial charge is 0.265 e. The van der Waals surface area contributed by atoms with E-state index in [1.54, 1.807) is 25.1 Å². The molecule has 1 saturated heterocycles. The van der Waals surface area contributed by atoms with Gasteiger partial charge in [0.25, 0.3) is 5.56 Å². The average Bonchev–Trinajstić information content (AvgIpc) is 2.90. The van der Waals surface area contributed by atoms with Crippen molar-refractivity contribution in [3.63, 3.8) is 0 Å². The number of benzene rings is 1. The molecule has 40 heavy (non-hydrogen) atoms. The van der Waals surface area contributed by atoms with Gasteiger partial charge in [0, 0.05) is 18.5 Å². The number of hydrogen-bond acceptors (Lipinski definition) is 8. The zero-order valence-corrected chi connectivity index (χ0v) is 23.3. The lowest BCUT2D eigenvalue weighted by Crippen LogP contribution is -2.58. The zero-order valence-electron chi connectivity index (χ0n) is 23.3. The SMILES string of the molecule is Cc1nc2cccc(OCCOCCOCCNC34CC5CC(CC(C5)C3)C4)c2c(=O)n1C1CCC(=O)NC1=O. The van der Waals surface area contributed by atoms with Crippen LogP contribution in [0.25, 0.3) is 10.9 Å². The Bertz CT molecular complexity index is 1290. The van der Waals surface area contributed by atoms with Crippen LogP contribution >= 0.6 is 0 Å². The van der Waals surface area contributed by atoms with Crippen molar-refractivity contribution < 1.29 is 23.8 Å². The van der Waals surface area contributed by atoms with E-state index < -0.39 is 11.9 Å². The molecule has 0 spiro atoms. The summed E-state index contributed by atoms with van der Waals surface area (Å²) in [5.41, 5.74) is 0.511. The number of nitrogens with zero attached hydrogens (tertiary/aromatic N) is 2. The van der Waals surface area contributed by atoms with Gasteiger partial charge in [-0.25, -0.2) is 4.98 Å². The van der Waals surface area contributed by atoms with Crippen LogP contribution in [0, 0.1) is 24.7 Å². The highest BCUT2D eigenvalue weighted by molar-refractivity contribution is 5.99. The topological polar surface area (TPSA) is 121 Å². The van der Waals surface area contributed by atoms with Crippen molar-refractivity contribution in [2.45, 2.75) is 69.9 Å². The minimum atomic E-state index is -0.777. The van der Waals surface area contributed by atoms with E-state index in [1.807, 2.05) is 0 Å². The molecule has 1 atom stereocenters. The molecule has 7 rings (SSSR count). The van der Waals surface area contributed by atoms with E-state index in [2.05, 4.69) is 15.6 Å². The third-order valence-electron chi connectivity index (χ3n) is 9.23. The number of ether oxygens (including phenoxy) is 3. The number of piperidine rings is 1. The third kappa shape index (κ3) is 5.66. The van der Waals surface area contributed by atoms with Crippen LogP contribution in [0.5, 0.6) is 5.75 Å². The molecule has 5 aliphatic rings. The second-order valence-corrected chi connectivity index (χ2v) is 12.1. The summed E-state index contributed by atoms with van der Waals surface area (Å²) in [6.45, 7) is 4.87. The van der Waals surface area contributed by atoms with Crippen LogP contribution < -0.4 is 20.9 Å². The van der Waals surface area contributed by atoms with Crippen molar-refractivity contribution >= 4 is 22.7 Å². The van der Waals surface area contributed by atoms with Gasteiger partial charge < -0.3 is 19.5 Å². The maximum atomic E-state index is 13.5. The van der Waals surface area contributed by atoms with Crippen molar-refractivity contribution in [3.05, 3.63) is 34.4 Å². The Morgan fingerprint density at radius 3 is 2.35 bits per heavy atom. The number of imide groups is 1. The summed E-state index contributed by atoms with van der Waals surface area (Å²) < 4.78 is 18.8. The van der Waals surface area contributed by atoms with Crippen molar-refractivity contribution in [3.8, 4) is 5.75 Å². The Kier molecular flexibility index (Phi) is 7.92. The van der Waals surface area contributed by atoms with E-state index in [0.717, 1.165) is 24.3 Å². The average molecular weight is 553 g/mol. The molecule has 10 nitrogen and oxygen atoms in total. The molecule has 1 aromatic heterocycles. The van der Waals surface area contributed by atoms with Gasteiger partial charge in [0.1, 0.15) is 29.6 Å². The minimum Gasteiger partial charge on any atom is -0.490 e. The van der Waals surface area contributed by atoms with Gasteiger partial charge in [0.05, 0.1) is 31.9 Å². The summed E-state index contributed by atoms with van der Waals surface area (Å²) in [4.78, 5) is 42.0. The van der Waals surface area contributed by atoms with Crippen LogP contribution in [0.1, 0.15) is 63.2 Å². The lowest BCUT2D eigenvalue weighted by Gasteiger charge is -2.57. The van der Waals surface area contributed by atoms with Crippen LogP contribution in [0.4, 0.5) is 0 Å². The number of hydrogen-bond donors (Lipinski definition) is 2. The van der Waals surface area contributed by atoms with E-state index in [-0.39, 0.29) is 30.9 Å². The predicted molar refractivity (Wildman–Crippen MR) is 148 cm³/mol. The summed E-state index contributed by atoms with van der Waals surface area (Å²) in [5.74, 6) is 2.82. The van der Waals surface area contributed by atoms with Crippen LogP contribution in [-0.4, -0.2) is 66.5 Å². The standard InChI is InChI=1S/C30H40N4O6/c1-19-32-23-3-2-4-25(27(23)29(37)34(19)24-5-6-26(35)33-28(24)36)40-12-11-39-10-9-38-8-7-31-30-16-20-13-21(17-30)15-22(14-20)18-30/h2-4,20-22,24,31H,5-18H2,1H3,(H,33,35,36). The maximum absolute atomic E-state index is 13.5. The quantitative estimate of drug-likeness (QED) is 0.305. The molecular weight excluding hydrogens is 512 g/mol. The van der Waals surface area contributed by atoms with Gasteiger partial charge in [0.2, 0.25) is 11.8 Å². The Balaban J connectivity index is 0.941. The molecule has 4 saturated carbocycles. The number of rotatable bonds is 12. The number of carbonyl (C=O) groups is 2. The normalized spacial score (nSPS) is 29.2. The first kappa shape index (κ1) is 27.4. The van der Waals surface area contributed by atoms with Gasteiger partial charge in [-0.3, -0.25) is 24.3 Å². The van der Waals surface area contributed by atoms with E-state index in [9.17, 15) is 14.4 Å². The lowest BCUT2D eigenvalue weighted by molar-refractivity contribution is -0.135. The van der Waals surface area contributed by atoms with Gasteiger partial charge in [-0.15, -0.1) is 0 Å². The first-order valence-corrected chi connectivity index (χ1v) is 14.8. The zero-order chi connectivity index (χ0) is 27.7. The predicted octanol–water partition coefficient (Wildman–Crippen LogP) is 2.65. The van der Waals surface area contributed by atoms with Crippen molar-refractivity contribution in [1.82, 2.24) is 20.2 Å². The summed E-state index contributed by atoms with van der Waals surface area (Å²) in [6, 6.07) is 4.47. The molecule has 10 heteroatoms. The summed E-state index contributed by atoms with van der Waals surface area (Å²) in [6.07, 6.45) is 8.84. The highest BCUT2D eigenvalue weighted by Gasteiger charge is 2.50. The van der Waals surface area contributed by atoms with Crippen molar-refractivity contribution in [2.75, 3.05) is 39.6 Å². The van der Waals surface area contributed by atoms with Crippen molar-refractivity contribution in [2.24, 2.45) is 17.8 Å². The van der Waals surface area contributed by atoms with Gasteiger partial charge in [-0.1, -0.05) is 6.07 Å². The number of amides is 2. The fourth-order valence-corrected chi connectivity index (χ4v) is 7.99. The van der Waals surface area contributed by atoms with Gasteiger partial charge in [0.15, 0.2) is 0 Å². The molecule has 4 bridgehead atoms. The Morgan fingerprint density at radius 1 is 0.975 bits per heavy atom. The molecule has 5 fully saturated rings. The van der Waals surface area contributed by atoms with Crippen LogP contribution in [0.15, 0.2) is 23.0 Å². The molecule has 1 aliphatic heterocycles. The number of fused-ring (bicyclic) bond motifs is 1. The monoisotopic (exact) mass is 552 g/mol. The van der Waals surface area contributed by atoms with Crippen LogP contribution in [0.2, 0.25) is 0 Å². The number of aromatic nitrogens is 2.